The Labute approximate surface area is 184 Å². The van der Waals surface area contributed by atoms with Crippen molar-refractivity contribution < 1.29 is 9.13 Å². The number of benzene rings is 4. The normalized spacial score (nSPS) is 11.3. The molecule has 0 aliphatic heterocycles. The predicted octanol–water partition coefficient (Wildman–Crippen LogP) is 5.98. The van der Waals surface area contributed by atoms with Crippen molar-refractivity contribution in [3.8, 4) is 5.75 Å². The summed E-state index contributed by atoms with van der Waals surface area (Å²) in [5.74, 6) is 0.479. The van der Waals surface area contributed by atoms with Crippen molar-refractivity contribution in [2.24, 2.45) is 0 Å². The lowest BCUT2D eigenvalue weighted by Crippen LogP contribution is -2.33. The van der Waals surface area contributed by atoms with Gasteiger partial charge in [0.2, 0.25) is 0 Å². The van der Waals surface area contributed by atoms with Gasteiger partial charge < -0.3 is 4.74 Å². The molecular weight excluding hydrogens is 402 g/mol. The van der Waals surface area contributed by atoms with Gasteiger partial charge in [0.1, 0.15) is 34.7 Å². The van der Waals surface area contributed by atoms with Crippen LogP contribution in [-0.2, 0) is 0 Å². The minimum atomic E-state index is -1.78. The van der Waals surface area contributed by atoms with E-state index in [2.05, 4.69) is 91.0 Å². The summed E-state index contributed by atoms with van der Waals surface area (Å²) in [5, 5.41) is 4.23. The van der Waals surface area contributed by atoms with Crippen LogP contribution in [0.2, 0.25) is 0 Å². The molecule has 4 aromatic rings. The smallest absolute Gasteiger partial charge is 0.123 e. The average molecular weight is 429 g/mol. The lowest BCUT2D eigenvalue weighted by atomic mass is 10.3. The van der Waals surface area contributed by atoms with Crippen molar-refractivity contribution in [3.63, 3.8) is 0 Å². The maximum atomic E-state index is 13.1. The number of unbranched alkanes of at least 4 members (excludes halogenated alkanes) is 1. The molecule has 0 amide bonds. The zero-order valence-electron chi connectivity index (χ0n) is 17.5. The second kappa shape index (κ2) is 10.4. The molecule has 0 bridgehead atoms. The molecule has 0 fully saturated rings. The van der Waals surface area contributed by atoms with Crippen molar-refractivity contribution in [1.29, 1.82) is 0 Å². The third kappa shape index (κ3) is 5.03. The molecule has 0 atom stereocenters. The lowest BCUT2D eigenvalue weighted by Gasteiger charge is -2.27. The van der Waals surface area contributed by atoms with Crippen molar-refractivity contribution in [3.05, 3.63) is 121 Å². The quantitative estimate of drug-likeness (QED) is 0.235. The second-order valence-corrected chi connectivity index (χ2v) is 11.2. The van der Waals surface area contributed by atoms with Gasteiger partial charge in [0, 0.05) is 0 Å². The molecule has 0 unspecified atom stereocenters. The third-order valence-corrected chi connectivity index (χ3v) is 10.1. The van der Waals surface area contributed by atoms with E-state index in [0.717, 1.165) is 24.8 Å². The molecule has 3 heteroatoms. The first-order chi connectivity index (χ1) is 15.3. The Morgan fingerprint density at radius 2 is 1.00 bits per heavy atom. The van der Waals surface area contributed by atoms with Gasteiger partial charge in [-0.2, -0.15) is 0 Å². The Balaban J connectivity index is 1.58. The summed E-state index contributed by atoms with van der Waals surface area (Å²) in [6.07, 6.45) is 3.08. The van der Waals surface area contributed by atoms with Crippen LogP contribution >= 0.6 is 7.26 Å². The second-order valence-electron chi connectivity index (χ2n) is 7.55. The largest absolute Gasteiger partial charge is 0.494 e. The standard InChI is InChI=1S/C28H27FOP/c29-24-18-20-25(21-19-24)30-22-10-11-23-31(26-12-4-1-5-13-26,27-14-6-2-7-15-27)28-16-8-3-9-17-28/h1-9,12-21H,10-11,22-23H2/q+1. The van der Waals surface area contributed by atoms with E-state index in [4.69, 9.17) is 4.74 Å². The first kappa shape index (κ1) is 21.3. The zero-order chi connectivity index (χ0) is 21.4. The lowest BCUT2D eigenvalue weighted by molar-refractivity contribution is 0.309. The van der Waals surface area contributed by atoms with Gasteiger partial charge in [0.05, 0.1) is 12.8 Å². The highest BCUT2D eigenvalue weighted by molar-refractivity contribution is 7.95. The van der Waals surface area contributed by atoms with E-state index in [0.29, 0.717) is 6.61 Å². The van der Waals surface area contributed by atoms with E-state index in [1.54, 1.807) is 12.1 Å². The Kier molecular flexibility index (Phi) is 7.12. The molecule has 0 N–H and O–H groups in total. The summed E-state index contributed by atoms with van der Waals surface area (Å²) >= 11 is 0. The van der Waals surface area contributed by atoms with Crippen molar-refractivity contribution in [2.75, 3.05) is 12.8 Å². The van der Waals surface area contributed by atoms with E-state index in [1.807, 2.05) is 0 Å². The summed E-state index contributed by atoms with van der Waals surface area (Å²) in [6, 6.07) is 39.1. The van der Waals surface area contributed by atoms with Gasteiger partial charge in [-0.15, -0.1) is 0 Å². The molecule has 0 saturated heterocycles. The van der Waals surface area contributed by atoms with Crippen LogP contribution in [0.5, 0.6) is 5.75 Å². The van der Waals surface area contributed by atoms with Crippen molar-refractivity contribution in [2.45, 2.75) is 12.8 Å². The maximum Gasteiger partial charge on any atom is 0.123 e. The highest BCUT2D eigenvalue weighted by atomic mass is 31.2. The topological polar surface area (TPSA) is 9.23 Å². The summed E-state index contributed by atoms with van der Waals surface area (Å²) < 4.78 is 18.9. The summed E-state index contributed by atoms with van der Waals surface area (Å²) in [7, 11) is -1.78. The number of rotatable bonds is 9. The Hall–Kier alpha value is -2.96. The molecule has 0 aromatic heterocycles. The van der Waals surface area contributed by atoms with Crippen LogP contribution in [0.25, 0.3) is 0 Å². The minimum Gasteiger partial charge on any atom is -0.494 e. The van der Waals surface area contributed by atoms with Crippen LogP contribution in [0.15, 0.2) is 115 Å². The van der Waals surface area contributed by atoms with Gasteiger partial charge in [0.25, 0.3) is 0 Å². The Bertz CT molecular complexity index is 954. The van der Waals surface area contributed by atoms with Gasteiger partial charge in [0.15, 0.2) is 0 Å². The maximum absolute atomic E-state index is 13.1. The fraction of sp³-hybridized carbons (Fsp3) is 0.143. The molecule has 1 nitrogen and oxygen atoms in total. The van der Waals surface area contributed by atoms with E-state index in [-0.39, 0.29) is 5.82 Å². The predicted molar refractivity (Wildman–Crippen MR) is 131 cm³/mol. The van der Waals surface area contributed by atoms with Crippen LogP contribution in [0.3, 0.4) is 0 Å². The van der Waals surface area contributed by atoms with Crippen LogP contribution in [0.1, 0.15) is 12.8 Å². The van der Waals surface area contributed by atoms with Crippen LogP contribution in [0.4, 0.5) is 4.39 Å². The molecule has 0 aliphatic rings. The van der Waals surface area contributed by atoms with Crippen LogP contribution in [-0.4, -0.2) is 12.8 Å². The molecular formula is C28H27FOP+. The van der Waals surface area contributed by atoms with Gasteiger partial charge in [-0.3, -0.25) is 0 Å². The number of hydrogen-bond donors (Lipinski definition) is 0. The SMILES string of the molecule is Fc1ccc(OCCCC[P+](c2ccccc2)(c2ccccc2)c2ccccc2)cc1. The fourth-order valence-corrected chi connectivity index (χ4v) is 8.46. The summed E-state index contributed by atoms with van der Waals surface area (Å²) in [6.45, 7) is 0.629. The Morgan fingerprint density at radius 1 is 0.548 bits per heavy atom. The van der Waals surface area contributed by atoms with Gasteiger partial charge >= 0.3 is 0 Å². The average Bonchev–Trinajstić information content (AvgIpc) is 2.84. The van der Waals surface area contributed by atoms with E-state index < -0.39 is 7.26 Å². The summed E-state index contributed by atoms with van der Waals surface area (Å²) in [4.78, 5) is 0. The highest BCUT2D eigenvalue weighted by Gasteiger charge is 2.44. The molecule has 0 heterocycles. The number of hydrogen-bond acceptors (Lipinski definition) is 1. The first-order valence-corrected chi connectivity index (χ1v) is 12.7. The zero-order valence-corrected chi connectivity index (χ0v) is 18.4. The van der Waals surface area contributed by atoms with Crippen LogP contribution in [0, 0.1) is 5.82 Å². The van der Waals surface area contributed by atoms with E-state index >= 15 is 0 Å². The summed E-state index contributed by atoms with van der Waals surface area (Å²) in [5.41, 5.74) is 0. The van der Waals surface area contributed by atoms with E-state index in [1.165, 1.54) is 28.0 Å². The molecule has 31 heavy (non-hydrogen) atoms. The molecule has 0 saturated carbocycles. The minimum absolute atomic E-state index is 0.240. The molecule has 4 aromatic carbocycles. The monoisotopic (exact) mass is 429 g/mol. The molecule has 0 radical (unpaired) electrons. The fourth-order valence-electron chi connectivity index (χ4n) is 4.05. The van der Waals surface area contributed by atoms with Crippen molar-refractivity contribution in [1.82, 2.24) is 0 Å². The van der Waals surface area contributed by atoms with Gasteiger partial charge in [-0.05, 0) is 73.5 Å². The first-order valence-electron chi connectivity index (χ1n) is 10.7. The third-order valence-electron chi connectivity index (χ3n) is 5.56. The van der Waals surface area contributed by atoms with Crippen molar-refractivity contribution >= 4 is 23.2 Å². The number of halogens is 1. The Morgan fingerprint density at radius 3 is 1.45 bits per heavy atom. The van der Waals surface area contributed by atoms with Crippen LogP contribution < -0.4 is 20.7 Å². The highest BCUT2D eigenvalue weighted by Crippen LogP contribution is 2.55. The van der Waals surface area contributed by atoms with Gasteiger partial charge in [-0.25, -0.2) is 4.39 Å². The van der Waals surface area contributed by atoms with Gasteiger partial charge in [-0.1, -0.05) is 54.6 Å². The molecule has 4 rings (SSSR count). The molecule has 0 spiro atoms. The molecule has 0 aliphatic carbocycles. The molecule has 156 valence electrons. The number of ether oxygens (including phenoxy) is 1. The van der Waals surface area contributed by atoms with E-state index in [9.17, 15) is 4.39 Å².